The number of thioether (sulfide) groups is 1. The lowest BCUT2D eigenvalue weighted by atomic mass is 9.87. The molecular formula is C23H25N5O2S. The van der Waals surface area contributed by atoms with Crippen molar-refractivity contribution in [2.75, 3.05) is 19.3 Å². The van der Waals surface area contributed by atoms with E-state index in [0.717, 1.165) is 23.3 Å². The number of nitrogens with zero attached hydrogens (tertiary/aromatic N) is 3. The fraction of sp³-hybridized carbons (Fsp3) is 0.304. The molecular weight excluding hydrogens is 410 g/mol. The molecule has 160 valence electrons. The third kappa shape index (κ3) is 5.06. The van der Waals surface area contributed by atoms with E-state index in [1.165, 1.54) is 5.56 Å². The van der Waals surface area contributed by atoms with Crippen LogP contribution in [0, 0.1) is 18.3 Å². The number of nitriles is 1. The van der Waals surface area contributed by atoms with Gasteiger partial charge < -0.3 is 16.4 Å². The highest BCUT2D eigenvalue weighted by atomic mass is 32.2. The average Bonchev–Trinajstić information content (AvgIpc) is 2.78. The molecule has 7 nitrogen and oxygen atoms in total. The summed E-state index contributed by atoms with van der Waals surface area (Å²) < 4.78 is 0. The third-order valence-corrected chi connectivity index (χ3v) is 6.31. The lowest BCUT2D eigenvalue weighted by Gasteiger charge is -2.33. The highest BCUT2D eigenvalue weighted by Gasteiger charge is 2.27. The molecule has 1 aliphatic heterocycles. The van der Waals surface area contributed by atoms with Gasteiger partial charge in [-0.15, -0.1) is 11.8 Å². The Hall–Kier alpha value is -3.31. The Morgan fingerprint density at radius 2 is 1.81 bits per heavy atom. The van der Waals surface area contributed by atoms with Crippen molar-refractivity contribution in [3.05, 3.63) is 64.2 Å². The molecule has 0 aliphatic carbocycles. The Balaban J connectivity index is 1.74. The van der Waals surface area contributed by atoms with Gasteiger partial charge in [0, 0.05) is 29.1 Å². The summed E-state index contributed by atoms with van der Waals surface area (Å²) in [4.78, 5) is 31.6. The van der Waals surface area contributed by atoms with Crippen LogP contribution in [-0.2, 0) is 0 Å². The molecule has 3 rings (SSSR count). The third-order valence-electron chi connectivity index (χ3n) is 5.52. The molecule has 2 aromatic rings. The number of piperidine rings is 1. The molecule has 2 amide bonds. The van der Waals surface area contributed by atoms with Crippen LogP contribution in [0.3, 0.4) is 0 Å². The first-order valence-electron chi connectivity index (χ1n) is 9.96. The van der Waals surface area contributed by atoms with Crippen LogP contribution in [0.25, 0.3) is 0 Å². The zero-order valence-electron chi connectivity index (χ0n) is 17.6. The number of guanidine groups is 1. The van der Waals surface area contributed by atoms with Crippen molar-refractivity contribution in [3.8, 4) is 6.07 Å². The number of benzene rings is 2. The summed E-state index contributed by atoms with van der Waals surface area (Å²) in [5.41, 5.74) is 14.4. The molecule has 0 spiro atoms. The fourth-order valence-corrected chi connectivity index (χ4v) is 4.57. The summed E-state index contributed by atoms with van der Waals surface area (Å²) in [5.74, 6) is -0.401. The fourth-order valence-electron chi connectivity index (χ4n) is 3.88. The monoisotopic (exact) mass is 435 g/mol. The van der Waals surface area contributed by atoms with Gasteiger partial charge in [0.25, 0.3) is 11.8 Å². The maximum absolute atomic E-state index is 12.8. The van der Waals surface area contributed by atoms with Crippen LogP contribution < -0.4 is 11.5 Å². The molecule has 1 fully saturated rings. The molecule has 0 aromatic heterocycles. The highest BCUT2D eigenvalue weighted by Crippen LogP contribution is 2.36. The van der Waals surface area contributed by atoms with Gasteiger partial charge in [-0.2, -0.15) is 10.3 Å². The van der Waals surface area contributed by atoms with E-state index < -0.39 is 5.91 Å². The molecule has 0 bridgehead atoms. The van der Waals surface area contributed by atoms with Crippen LogP contribution in [0.15, 0.2) is 46.3 Å². The molecule has 0 saturated carbocycles. The number of aryl methyl sites for hydroxylation is 1. The molecule has 0 radical (unpaired) electrons. The number of hydrogen-bond donors (Lipinski definition) is 2. The van der Waals surface area contributed by atoms with Crippen LogP contribution in [0.5, 0.6) is 0 Å². The molecule has 0 atom stereocenters. The van der Waals surface area contributed by atoms with Gasteiger partial charge >= 0.3 is 0 Å². The number of likely N-dealkylation sites (tertiary alicyclic amines) is 1. The Morgan fingerprint density at radius 1 is 1.16 bits per heavy atom. The van der Waals surface area contributed by atoms with Crippen molar-refractivity contribution >= 4 is 29.5 Å². The van der Waals surface area contributed by atoms with Gasteiger partial charge in [0.15, 0.2) is 5.96 Å². The van der Waals surface area contributed by atoms with Crippen molar-refractivity contribution in [2.24, 2.45) is 16.5 Å². The van der Waals surface area contributed by atoms with Crippen molar-refractivity contribution < 1.29 is 9.59 Å². The molecule has 0 unspecified atom stereocenters. The smallest absolute Gasteiger partial charge is 0.280 e. The quantitative estimate of drug-likeness (QED) is 0.432. The van der Waals surface area contributed by atoms with Gasteiger partial charge in [0.1, 0.15) is 0 Å². The van der Waals surface area contributed by atoms with Crippen molar-refractivity contribution in [3.63, 3.8) is 0 Å². The van der Waals surface area contributed by atoms with Gasteiger partial charge in [-0.05, 0) is 73.4 Å². The second kappa shape index (κ2) is 9.67. The van der Waals surface area contributed by atoms with Crippen LogP contribution >= 0.6 is 11.8 Å². The maximum atomic E-state index is 12.8. The molecule has 4 N–H and O–H groups in total. The molecule has 2 aromatic carbocycles. The van der Waals surface area contributed by atoms with Crippen LogP contribution in [-0.4, -0.2) is 42.0 Å². The van der Waals surface area contributed by atoms with E-state index in [-0.39, 0.29) is 11.9 Å². The summed E-state index contributed by atoms with van der Waals surface area (Å²) >= 11 is 1.59. The number of carbonyl (C=O) groups excluding carboxylic acids is 2. The first-order valence-corrected chi connectivity index (χ1v) is 11.2. The van der Waals surface area contributed by atoms with E-state index >= 15 is 0 Å². The van der Waals surface area contributed by atoms with Gasteiger partial charge in [-0.1, -0.05) is 6.07 Å². The summed E-state index contributed by atoms with van der Waals surface area (Å²) in [6.45, 7) is 3.20. The van der Waals surface area contributed by atoms with E-state index in [1.54, 1.807) is 36.0 Å². The normalized spacial score (nSPS) is 14.0. The van der Waals surface area contributed by atoms with Gasteiger partial charge in [-0.25, -0.2) is 0 Å². The SMILES string of the molecule is CSc1cc(C(=O)N=C(N)N)c(C)cc1C1CCN(C(=O)c2ccc(C#N)cc2)CC1. The minimum Gasteiger partial charge on any atom is -0.370 e. The second-order valence-electron chi connectivity index (χ2n) is 7.51. The Labute approximate surface area is 186 Å². The maximum Gasteiger partial charge on any atom is 0.280 e. The topological polar surface area (TPSA) is 126 Å². The summed E-state index contributed by atoms with van der Waals surface area (Å²) in [5, 5.41) is 8.92. The molecule has 1 heterocycles. The molecule has 1 saturated heterocycles. The Morgan fingerprint density at radius 3 is 2.35 bits per heavy atom. The highest BCUT2D eigenvalue weighted by molar-refractivity contribution is 7.98. The van der Waals surface area contributed by atoms with E-state index in [0.29, 0.717) is 35.7 Å². The van der Waals surface area contributed by atoms with Crippen LogP contribution in [0.2, 0.25) is 0 Å². The Kier molecular flexibility index (Phi) is 6.98. The van der Waals surface area contributed by atoms with E-state index in [2.05, 4.69) is 11.1 Å². The van der Waals surface area contributed by atoms with E-state index in [4.69, 9.17) is 16.7 Å². The molecule has 1 aliphatic rings. The first-order chi connectivity index (χ1) is 14.8. The number of carbonyl (C=O) groups is 2. The minimum absolute atomic E-state index is 0.0117. The summed E-state index contributed by atoms with van der Waals surface area (Å²) in [6.07, 6.45) is 3.67. The van der Waals surface area contributed by atoms with E-state index in [1.807, 2.05) is 30.2 Å². The van der Waals surface area contributed by atoms with Crippen LogP contribution in [0.1, 0.15) is 56.2 Å². The first kappa shape index (κ1) is 22.4. The standard InChI is InChI=1S/C23H25N5O2S/c1-14-11-19(20(31-2)12-18(14)21(29)27-23(25)26)16-7-9-28(10-8-16)22(30)17-5-3-15(13-24)4-6-17/h3-6,11-12,16H,7-10H2,1-2H3,(H4,25,26,27,29). The lowest BCUT2D eigenvalue weighted by Crippen LogP contribution is -2.38. The number of aliphatic imine (C=N–C) groups is 1. The second-order valence-corrected chi connectivity index (χ2v) is 8.35. The Bertz CT molecular complexity index is 1060. The van der Waals surface area contributed by atoms with Gasteiger partial charge in [-0.3, -0.25) is 9.59 Å². The number of hydrogen-bond acceptors (Lipinski definition) is 4. The largest absolute Gasteiger partial charge is 0.370 e. The van der Waals surface area contributed by atoms with Gasteiger partial charge in [0.05, 0.1) is 11.6 Å². The summed E-state index contributed by atoms with van der Waals surface area (Å²) in [6, 6.07) is 12.7. The summed E-state index contributed by atoms with van der Waals surface area (Å²) in [7, 11) is 0. The van der Waals surface area contributed by atoms with Crippen molar-refractivity contribution in [2.45, 2.75) is 30.6 Å². The zero-order chi connectivity index (χ0) is 22.5. The van der Waals surface area contributed by atoms with Crippen molar-refractivity contribution in [1.29, 1.82) is 5.26 Å². The predicted octanol–water partition coefficient (Wildman–Crippen LogP) is 3.02. The molecule has 31 heavy (non-hydrogen) atoms. The predicted molar refractivity (Wildman–Crippen MR) is 122 cm³/mol. The zero-order valence-corrected chi connectivity index (χ0v) is 18.4. The van der Waals surface area contributed by atoms with Gasteiger partial charge in [0.2, 0.25) is 0 Å². The van der Waals surface area contributed by atoms with Crippen molar-refractivity contribution in [1.82, 2.24) is 4.90 Å². The minimum atomic E-state index is -0.442. The number of amides is 2. The number of nitrogens with two attached hydrogens (primary N) is 2. The van der Waals surface area contributed by atoms with E-state index in [9.17, 15) is 9.59 Å². The van der Waals surface area contributed by atoms with Crippen LogP contribution in [0.4, 0.5) is 0 Å². The number of rotatable bonds is 4. The molecule has 8 heteroatoms. The average molecular weight is 436 g/mol. The lowest BCUT2D eigenvalue weighted by molar-refractivity contribution is 0.0712.